The molecule has 5 heteroatoms. The second-order valence-electron chi connectivity index (χ2n) is 3.17. The third-order valence-corrected chi connectivity index (χ3v) is 2.22. The lowest BCUT2D eigenvalue weighted by atomic mass is 9.92. The number of nitrogens with two attached hydrogens (primary N) is 1. The Bertz CT molecular complexity index is 140. The van der Waals surface area contributed by atoms with E-state index in [0.717, 1.165) is 13.0 Å². The maximum atomic E-state index is 12.1. The third-order valence-electron chi connectivity index (χ3n) is 2.22. The van der Waals surface area contributed by atoms with Crippen molar-refractivity contribution in [3.8, 4) is 0 Å². The van der Waals surface area contributed by atoms with E-state index in [1.165, 1.54) is 0 Å². The number of alkyl halides is 3. The zero-order valence-corrected chi connectivity index (χ0v) is 6.69. The molecule has 1 fully saturated rings. The molecular formula is C7H13F3N2. The molecule has 0 radical (unpaired) electrons. The fourth-order valence-corrected chi connectivity index (χ4v) is 1.45. The summed E-state index contributed by atoms with van der Waals surface area (Å²) >= 11 is 0. The average molecular weight is 182 g/mol. The summed E-state index contributed by atoms with van der Waals surface area (Å²) in [6.45, 7) is 1.20. The van der Waals surface area contributed by atoms with Crippen LogP contribution in [0.25, 0.3) is 0 Å². The van der Waals surface area contributed by atoms with Crippen LogP contribution in [0.15, 0.2) is 0 Å². The van der Waals surface area contributed by atoms with Gasteiger partial charge in [0.1, 0.15) is 6.04 Å². The summed E-state index contributed by atoms with van der Waals surface area (Å²) in [6.07, 6.45) is -2.88. The Morgan fingerprint density at radius 2 is 2.08 bits per heavy atom. The zero-order chi connectivity index (χ0) is 9.19. The Morgan fingerprint density at radius 3 is 2.50 bits per heavy atom. The van der Waals surface area contributed by atoms with Gasteiger partial charge in [0.15, 0.2) is 0 Å². The number of rotatable bonds is 1. The first-order valence-electron chi connectivity index (χ1n) is 4.05. The van der Waals surface area contributed by atoms with E-state index in [1.54, 1.807) is 0 Å². The first kappa shape index (κ1) is 9.80. The second kappa shape index (κ2) is 3.62. The van der Waals surface area contributed by atoms with E-state index >= 15 is 0 Å². The molecule has 2 unspecified atom stereocenters. The van der Waals surface area contributed by atoms with E-state index in [2.05, 4.69) is 5.32 Å². The van der Waals surface area contributed by atoms with Crippen LogP contribution in [-0.2, 0) is 0 Å². The lowest BCUT2D eigenvalue weighted by molar-refractivity contribution is -0.160. The minimum Gasteiger partial charge on any atom is -0.320 e. The Kier molecular flexibility index (Phi) is 2.95. The molecule has 0 amide bonds. The van der Waals surface area contributed by atoms with Gasteiger partial charge in [0.25, 0.3) is 0 Å². The van der Waals surface area contributed by atoms with E-state index in [-0.39, 0.29) is 0 Å². The van der Waals surface area contributed by atoms with Gasteiger partial charge in [-0.1, -0.05) is 0 Å². The van der Waals surface area contributed by atoms with Crippen molar-refractivity contribution in [2.45, 2.75) is 25.1 Å². The molecule has 1 heterocycles. The zero-order valence-electron chi connectivity index (χ0n) is 6.69. The lowest BCUT2D eigenvalue weighted by Crippen LogP contribution is -2.49. The summed E-state index contributed by atoms with van der Waals surface area (Å²) in [5.74, 6) is -0.446. The minimum absolute atomic E-state index is 0.390. The van der Waals surface area contributed by atoms with Crippen molar-refractivity contribution in [3.05, 3.63) is 0 Å². The minimum atomic E-state index is -4.25. The van der Waals surface area contributed by atoms with Crippen LogP contribution in [-0.4, -0.2) is 25.3 Å². The molecule has 1 aliphatic heterocycles. The highest BCUT2D eigenvalue weighted by atomic mass is 19.4. The maximum absolute atomic E-state index is 12.1. The van der Waals surface area contributed by atoms with Crippen molar-refractivity contribution in [1.29, 1.82) is 0 Å². The molecule has 0 saturated carbocycles. The van der Waals surface area contributed by atoms with Gasteiger partial charge in [0.2, 0.25) is 0 Å². The molecule has 3 N–H and O–H groups in total. The van der Waals surface area contributed by atoms with Gasteiger partial charge >= 0.3 is 6.18 Å². The van der Waals surface area contributed by atoms with Crippen LogP contribution in [0.2, 0.25) is 0 Å². The Hall–Kier alpha value is -0.290. The first-order chi connectivity index (χ1) is 5.52. The van der Waals surface area contributed by atoms with Gasteiger partial charge in [-0.15, -0.1) is 0 Å². The number of halogens is 3. The molecule has 2 atom stereocenters. The average Bonchev–Trinajstić information content (AvgIpc) is 2.03. The Morgan fingerprint density at radius 1 is 1.42 bits per heavy atom. The SMILES string of the molecule is NC(C1CCCNC1)C(F)(F)F. The van der Waals surface area contributed by atoms with Gasteiger partial charge in [-0.05, 0) is 31.8 Å². The largest absolute Gasteiger partial charge is 0.403 e. The molecule has 1 saturated heterocycles. The Balaban J connectivity index is 2.45. The normalized spacial score (nSPS) is 28.5. The predicted molar refractivity (Wildman–Crippen MR) is 39.6 cm³/mol. The van der Waals surface area contributed by atoms with E-state index in [1.807, 2.05) is 0 Å². The summed E-state index contributed by atoms with van der Waals surface area (Å²) < 4.78 is 36.2. The van der Waals surface area contributed by atoms with Crippen LogP contribution in [0.5, 0.6) is 0 Å². The van der Waals surface area contributed by atoms with Crippen molar-refractivity contribution >= 4 is 0 Å². The smallest absolute Gasteiger partial charge is 0.320 e. The summed E-state index contributed by atoms with van der Waals surface area (Å²) in [5, 5.41) is 2.91. The van der Waals surface area contributed by atoms with Crippen LogP contribution >= 0.6 is 0 Å². The molecule has 0 aromatic carbocycles. The lowest BCUT2D eigenvalue weighted by Gasteiger charge is -2.29. The summed E-state index contributed by atoms with van der Waals surface area (Å²) in [6, 6.07) is -1.66. The van der Waals surface area contributed by atoms with Crippen LogP contribution in [0.1, 0.15) is 12.8 Å². The highest BCUT2D eigenvalue weighted by Crippen LogP contribution is 2.27. The first-order valence-corrected chi connectivity index (χ1v) is 4.05. The van der Waals surface area contributed by atoms with Crippen molar-refractivity contribution in [2.24, 2.45) is 11.7 Å². The monoisotopic (exact) mass is 182 g/mol. The van der Waals surface area contributed by atoms with Crippen molar-refractivity contribution in [3.63, 3.8) is 0 Å². The quantitative estimate of drug-likeness (QED) is 0.631. The van der Waals surface area contributed by atoms with Crippen LogP contribution in [0.4, 0.5) is 13.2 Å². The summed E-state index contributed by atoms with van der Waals surface area (Å²) in [4.78, 5) is 0. The second-order valence-corrected chi connectivity index (χ2v) is 3.17. The van der Waals surface area contributed by atoms with E-state index < -0.39 is 18.1 Å². The molecule has 2 nitrogen and oxygen atoms in total. The summed E-state index contributed by atoms with van der Waals surface area (Å²) in [5.41, 5.74) is 5.06. The molecule has 0 aromatic rings. The van der Waals surface area contributed by atoms with Gasteiger partial charge < -0.3 is 11.1 Å². The van der Waals surface area contributed by atoms with Gasteiger partial charge in [-0.2, -0.15) is 13.2 Å². The van der Waals surface area contributed by atoms with E-state index in [4.69, 9.17) is 5.73 Å². The fraction of sp³-hybridized carbons (Fsp3) is 1.00. The summed E-state index contributed by atoms with van der Waals surface area (Å²) in [7, 11) is 0. The van der Waals surface area contributed by atoms with E-state index in [0.29, 0.717) is 13.0 Å². The van der Waals surface area contributed by atoms with Crippen LogP contribution in [0.3, 0.4) is 0 Å². The third kappa shape index (κ3) is 2.35. The molecule has 0 bridgehead atoms. The maximum Gasteiger partial charge on any atom is 0.403 e. The topological polar surface area (TPSA) is 38.0 Å². The molecule has 0 aromatic heterocycles. The van der Waals surface area contributed by atoms with Crippen molar-refractivity contribution in [2.75, 3.05) is 13.1 Å². The predicted octanol–water partition coefficient (Wildman–Crippen LogP) is 0.876. The van der Waals surface area contributed by atoms with Crippen LogP contribution < -0.4 is 11.1 Å². The van der Waals surface area contributed by atoms with Gasteiger partial charge in [0, 0.05) is 0 Å². The van der Waals surface area contributed by atoms with Crippen LogP contribution in [0, 0.1) is 5.92 Å². The van der Waals surface area contributed by atoms with Gasteiger partial charge in [0.05, 0.1) is 0 Å². The van der Waals surface area contributed by atoms with Gasteiger partial charge in [-0.3, -0.25) is 0 Å². The number of hydrogen-bond acceptors (Lipinski definition) is 2. The Labute approximate surface area is 69.3 Å². The fourth-order valence-electron chi connectivity index (χ4n) is 1.45. The highest BCUT2D eigenvalue weighted by molar-refractivity contribution is 4.83. The molecule has 12 heavy (non-hydrogen) atoms. The van der Waals surface area contributed by atoms with Gasteiger partial charge in [-0.25, -0.2) is 0 Å². The molecular weight excluding hydrogens is 169 g/mol. The molecule has 1 aliphatic rings. The molecule has 0 spiro atoms. The van der Waals surface area contributed by atoms with E-state index in [9.17, 15) is 13.2 Å². The molecule has 72 valence electrons. The number of piperidine rings is 1. The highest BCUT2D eigenvalue weighted by Gasteiger charge is 2.41. The molecule has 0 aliphatic carbocycles. The van der Waals surface area contributed by atoms with Crippen molar-refractivity contribution < 1.29 is 13.2 Å². The number of nitrogens with one attached hydrogen (secondary N) is 1. The molecule has 1 rings (SSSR count). The number of hydrogen-bond donors (Lipinski definition) is 2. The van der Waals surface area contributed by atoms with Crippen molar-refractivity contribution in [1.82, 2.24) is 5.32 Å². The standard InChI is InChI=1S/C7H13F3N2/c8-7(9,10)6(11)5-2-1-3-12-4-5/h5-6,12H,1-4,11H2.